The number of rotatable bonds is 6. The van der Waals surface area contributed by atoms with Gasteiger partial charge in [-0.05, 0) is 48.5 Å². The second kappa shape index (κ2) is 8.95. The topological polar surface area (TPSA) is 33.6 Å². The standard InChI is InChI=1S/C20H15Cl3N2O/c21-16-7-9-18(10-8-16)25-24-12-14-3-1-2-4-20(14)26-13-15-5-6-17(22)11-19(15)23/h1-12,25H,13H2. The lowest BCUT2D eigenvalue weighted by Gasteiger charge is -2.10. The van der Waals surface area contributed by atoms with Crippen molar-refractivity contribution in [3.8, 4) is 5.75 Å². The minimum Gasteiger partial charge on any atom is -0.488 e. The van der Waals surface area contributed by atoms with Gasteiger partial charge in [0, 0.05) is 26.2 Å². The summed E-state index contributed by atoms with van der Waals surface area (Å²) in [6.45, 7) is 0.339. The molecule has 3 nitrogen and oxygen atoms in total. The van der Waals surface area contributed by atoms with E-state index in [0.29, 0.717) is 27.4 Å². The molecule has 0 aliphatic heterocycles. The monoisotopic (exact) mass is 404 g/mol. The summed E-state index contributed by atoms with van der Waals surface area (Å²) in [5, 5.41) is 6.10. The predicted molar refractivity (Wildman–Crippen MR) is 110 cm³/mol. The van der Waals surface area contributed by atoms with Gasteiger partial charge in [0.25, 0.3) is 0 Å². The van der Waals surface area contributed by atoms with Gasteiger partial charge in [0.05, 0.1) is 11.9 Å². The summed E-state index contributed by atoms with van der Waals surface area (Å²) in [6, 6.07) is 20.3. The lowest BCUT2D eigenvalue weighted by atomic mass is 10.2. The van der Waals surface area contributed by atoms with E-state index in [1.807, 2.05) is 42.5 Å². The zero-order chi connectivity index (χ0) is 18.4. The van der Waals surface area contributed by atoms with Gasteiger partial charge in [-0.15, -0.1) is 0 Å². The van der Waals surface area contributed by atoms with Gasteiger partial charge in [0.2, 0.25) is 0 Å². The molecule has 0 radical (unpaired) electrons. The van der Waals surface area contributed by atoms with Crippen LogP contribution in [-0.4, -0.2) is 6.21 Å². The fourth-order valence-corrected chi connectivity index (χ4v) is 2.80. The van der Waals surface area contributed by atoms with Gasteiger partial charge < -0.3 is 4.74 Å². The van der Waals surface area contributed by atoms with Crippen LogP contribution in [0.1, 0.15) is 11.1 Å². The van der Waals surface area contributed by atoms with E-state index in [4.69, 9.17) is 39.5 Å². The normalized spacial score (nSPS) is 10.9. The number of hydrogen-bond acceptors (Lipinski definition) is 3. The van der Waals surface area contributed by atoms with E-state index in [1.54, 1.807) is 30.5 Å². The lowest BCUT2D eigenvalue weighted by Crippen LogP contribution is -1.99. The number of hydrazone groups is 1. The van der Waals surface area contributed by atoms with Crippen molar-refractivity contribution in [3.63, 3.8) is 0 Å². The molecule has 3 rings (SSSR count). The molecule has 0 aliphatic rings. The molecule has 3 aromatic rings. The number of nitrogens with zero attached hydrogens (tertiary/aromatic N) is 1. The summed E-state index contributed by atoms with van der Waals surface area (Å²) in [7, 11) is 0. The molecule has 0 saturated heterocycles. The molecule has 0 saturated carbocycles. The Morgan fingerprint density at radius 2 is 1.62 bits per heavy atom. The molecule has 0 fully saturated rings. The molecule has 0 atom stereocenters. The highest BCUT2D eigenvalue weighted by Gasteiger charge is 2.05. The van der Waals surface area contributed by atoms with Gasteiger partial charge in [0.1, 0.15) is 12.4 Å². The van der Waals surface area contributed by atoms with Gasteiger partial charge in [-0.1, -0.05) is 53.0 Å². The summed E-state index contributed by atoms with van der Waals surface area (Å²) in [5.41, 5.74) is 5.51. The van der Waals surface area contributed by atoms with Crippen LogP contribution < -0.4 is 10.2 Å². The van der Waals surface area contributed by atoms with Crippen molar-refractivity contribution < 1.29 is 4.74 Å². The maximum Gasteiger partial charge on any atom is 0.128 e. The van der Waals surface area contributed by atoms with Crippen LogP contribution in [0.2, 0.25) is 15.1 Å². The van der Waals surface area contributed by atoms with E-state index in [-0.39, 0.29) is 0 Å². The average Bonchev–Trinajstić information content (AvgIpc) is 2.64. The number of hydrogen-bond donors (Lipinski definition) is 1. The number of para-hydroxylation sites is 1. The summed E-state index contributed by atoms with van der Waals surface area (Å²) in [5.74, 6) is 0.708. The third-order valence-corrected chi connectivity index (χ3v) is 4.40. The number of nitrogens with one attached hydrogen (secondary N) is 1. The second-order valence-corrected chi connectivity index (χ2v) is 6.72. The molecule has 0 bridgehead atoms. The van der Waals surface area contributed by atoms with Gasteiger partial charge in [-0.2, -0.15) is 5.10 Å². The first-order valence-corrected chi connectivity index (χ1v) is 8.95. The van der Waals surface area contributed by atoms with E-state index in [1.165, 1.54) is 0 Å². The van der Waals surface area contributed by atoms with Crippen LogP contribution in [0.5, 0.6) is 5.75 Å². The van der Waals surface area contributed by atoms with Crippen molar-refractivity contribution in [1.82, 2.24) is 0 Å². The lowest BCUT2D eigenvalue weighted by molar-refractivity contribution is 0.306. The fraction of sp³-hybridized carbons (Fsp3) is 0.0500. The van der Waals surface area contributed by atoms with Crippen LogP contribution in [0.15, 0.2) is 71.8 Å². The minimum absolute atomic E-state index is 0.339. The Bertz CT molecular complexity index is 911. The summed E-state index contributed by atoms with van der Waals surface area (Å²) in [4.78, 5) is 0. The minimum atomic E-state index is 0.339. The Labute approximate surface area is 167 Å². The number of ether oxygens (including phenoxy) is 1. The number of benzene rings is 3. The van der Waals surface area contributed by atoms with Gasteiger partial charge in [0.15, 0.2) is 0 Å². The highest BCUT2D eigenvalue weighted by atomic mass is 35.5. The van der Waals surface area contributed by atoms with Crippen LogP contribution in [-0.2, 0) is 6.61 Å². The van der Waals surface area contributed by atoms with Gasteiger partial charge in [-0.3, -0.25) is 5.43 Å². The molecule has 3 aromatic carbocycles. The van der Waals surface area contributed by atoms with Crippen LogP contribution in [0.3, 0.4) is 0 Å². The Hall–Kier alpha value is -2.20. The van der Waals surface area contributed by atoms with Crippen molar-refractivity contribution in [1.29, 1.82) is 0 Å². The van der Waals surface area contributed by atoms with E-state index in [9.17, 15) is 0 Å². The third kappa shape index (κ3) is 5.15. The van der Waals surface area contributed by atoms with Crippen LogP contribution in [0, 0.1) is 0 Å². The highest BCUT2D eigenvalue weighted by molar-refractivity contribution is 6.35. The number of halogens is 3. The maximum absolute atomic E-state index is 6.19. The molecule has 0 unspecified atom stereocenters. The SMILES string of the molecule is Clc1ccc(NN=Cc2ccccc2OCc2ccc(Cl)cc2Cl)cc1. The van der Waals surface area contributed by atoms with Gasteiger partial charge in [-0.25, -0.2) is 0 Å². The number of anilines is 1. The second-order valence-electron chi connectivity index (χ2n) is 5.44. The quantitative estimate of drug-likeness (QED) is 0.367. The summed E-state index contributed by atoms with van der Waals surface area (Å²) >= 11 is 18.0. The molecular formula is C20H15Cl3N2O. The molecule has 6 heteroatoms. The fourth-order valence-electron chi connectivity index (χ4n) is 2.21. The van der Waals surface area contributed by atoms with E-state index in [2.05, 4.69) is 10.5 Å². The molecule has 0 amide bonds. The highest BCUT2D eigenvalue weighted by Crippen LogP contribution is 2.24. The van der Waals surface area contributed by atoms with E-state index >= 15 is 0 Å². The van der Waals surface area contributed by atoms with Crippen LogP contribution in [0.4, 0.5) is 5.69 Å². The predicted octanol–water partition coefficient (Wildman–Crippen LogP) is 6.67. The van der Waals surface area contributed by atoms with E-state index in [0.717, 1.165) is 16.8 Å². The van der Waals surface area contributed by atoms with Crippen LogP contribution >= 0.6 is 34.8 Å². The Morgan fingerprint density at radius 3 is 2.38 bits per heavy atom. The largest absolute Gasteiger partial charge is 0.488 e. The van der Waals surface area contributed by atoms with Crippen molar-refractivity contribution in [3.05, 3.63) is 92.9 Å². The molecule has 0 aromatic heterocycles. The van der Waals surface area contributed by atoms with Gasteiger partial charge >= 0.3 is 0 Å². The summed E-state index contributed by atoms with van der Waals surface area (Å²) < 4.78 is 5.90. The van der Waals surface area contributed by atoms with Crippen LogP contribution in [0.25, 0.3) is 0 Å². The van der Waals surface area contributed by atoms with Crippen molar-refractivity contribution in [2.45, 2.75) is 6.61 Å². The zero-order valence-corrected chi connectivity index (χ0v) is 15.9. The Balaban J connectivity index is 1.67. The molecule has 132 valence electrons. The van der Waals surface area contributed by atoms with E-state index < -0.39 is 0 Å². The first kappa shape index (κ1) is 18.6. The summed E-state index contributed by atoms with van der Waals surface area (Å²) in [6.07, 6.45) is 1.70. The smallest absolute Gasteiger partial charge is 0.128 e. The average molecular weight is 406 g/mol. The molecule has 26 heavy (non-hydrogen) atoms. The molecular weight excluding hydrogens is 391 g/mol. The zero-order valence-electron chi connectivity index (χ0n) is 13.6. The maximum atomic E-state index is 6.19. The van der Waals surface area contributed by atoms with Crippen molar-refractivity contribution in [2.75, 3.05) is 5.43 Å². The third-order valence-electron chi connectivity index (χ3n) is 3.56. The molecule has 0 aliphatic carbocycles. The van der Waals surface area contributed by atoms with Crippen molar-refractivity contribution in [2.24, 2.45) is 5.10 Å². The Kier molecular flexibility index (Phi) is 6.40. The molecule has 0 spiro atoms. The first-order chi connectivity index (χ1) is 12.6. The Morgan fingerprint density at radius 1 is 0.885 bits per heavy atom. The molecule has 0 heterocycles. The molecule has 1 N–H and O–H groups in total. The van der Waals surface area contributed by atoms with Crippen molar-refractivity contribution >= 4 is 46.7 Å². The first-order valence-electron chi connectivity index (χ1n) is 7.82.